The van der Waals surface area contributed by atoms with E-state index in [1.54, 1.807) is 0 Å². The Morgan fingerprint density at radius 1 is 1.24 bits per heavy atom. The van der Waals surface area contributed by atoms with Gasteiger partial charge in [-0.15, -0.1) is 0 Å². The molecular formula is C14H24N2O. The van der Waals surface area contributed by atoms with Crippen LogP contribution in [0.3, 0.4) is 0 Å². The van der Waals surface area contributed by atoms with Crippen molar-refractivity contribution in [1.29, 1.82) is 0 Å². The van der Waals surface area contributed by atoms with Gasteiger partial charge in [0.15, 0.2) is 0 Å². The summed E-state index contributed by atoms with van der Waals surface area (Å²) in [7, 11) is 0. The zero-order valence-electron chi connectivity index (χ0n) is 10.9. The van der Waals surface area contributed by atoms with Crippen molar-refractivity contribution >= 4 is 6.03 Å². The number of hydrogen-bond acceptors (Lipinski definition) is 1. The van der Waals surface area contributed by atoms with Crippen LogP contribution in [0.1, 0.15) is 51.9 Å². The molecule has 96 valence electrons. The number of urea groups is 1. The van der Waals surface area contributed by atoms with E-state index in [0.29, 0.717) is 0 Å². The standard InChI is InChI=1S/C14H24N2O/c1-12-7-9-16(10-8-12)14(17)15-11-13-5-3-2-4-6-13/h11-12H,2-10H2,1H3,(H,15,17). The topological polar surface area (TPSA) is 32.3 Å². The second-order valence-electron chi connectivity index (χ2n) is 5.48. The largest absolute Gasteiger partial charge is 0.325 e. The normalized spacial score (nSPS) is 22.4. The first-order valence-corrected chi connectivity index (χ1v) is 6.99. The third kappa shape index (κ3) is 3.76. The molecule has 2 amide bonds. The van der Waals surface area contributed by atoms with Crippen molar-refractivity contribution in [2.75, 3.05) is 13.1 Å². The summed E-state index contributed by atoms with van der Waals surface area (Å²) in [4.78, 5) is 13.9. The maximum Gasteiger partial charge on any atom is 0.321 e. The number of nitrogens with zero attached hydrogens (tertiary/aromatic N) is 1. The van der Waals surface area contributed by atoms with Crippen molar-refractivity contribution in [1.82, 2.24) is 10.2 Å². The number of rotatable bonds is 1. The molecule has 1 N–H and O–H groups in total. The van der Waals surface area contributed by atoms with Gasteiger partial charge in [-0.05, 0) is 44.4 Å². The molecule has 0 radical (unpaired) electrons. The maximum atomic E-state index is 11.9. The summed E-state index contributed by atoms with van der Waals surface area (Å²) in [6.07, 6.45) is 10.5. The average Bonchev–Trinajstić information content (AvgIpc) is 2.38. The summed E-state index contributed by atoms with van der Waals surface area (Å²) in [6, 6.07) is 0.0926. The van der Waals surface area contributed by atoms with E-state index in [1.807, 2.05) is 11.1 Å². The molecule has 1 saturated heterocycles. The van der Waals surface area contributed by atoms with Crippen molar-refractivity contribution in [3.63, 3.8) is 0 Å². The lowest BCUT2D eigenvalue weighted by Crippen LogP contribution is -2.42. The molecule has 0 aromatic rings. The van der Waals surface area contributed by atoms with E-state index in [1.165, 1.54) is 24.8 Å². The maximum absolute atomic E-state index is 11.9. The number of piperidine rings is 1. The number of nitrogens with one attached hydrogen (secondary N) is 1. The van der Waals surface area contributed by atoms with Gasteiger partial charge >= 0.3 is 6.03 Å². The van der Waals surface area contributed by atoms with Gasteiger partial charge in [-0.25, -0.2) is 4.79 Å². The lowest BCUT2D eigenvalue weighted by molar-refractivity contribution is 0.177. The highest BCUT2D eigenvalue weighted by molar-refractivity contribution is 5.75. The van der Waals surface area contributed by atoms with E-state index in [9.17, 15) is 4.79 Å². The van der Waals surface area contributed by atoms with Crippen LogP contribution >= 0.6 is 0 Å². The SMILES string of the molecule is CC1CCN(C(=O)NC=C2CCCCC2)CC1. The summed E-state index contributed by atoms with van der Waals surface area (Å²) in [5.41, 5.74) is 1.41. The average molecular weight is 236 g/mol. The van der Waals surface area contributed by atoms with Gasteiger partial charge in [-0.1, -0.05) is 18.9 Å². The van der Waals surface area contributed by atoms with Crippen LogP contribution in [0, 0.1) is 5.92 Å². The van der Waals surface area contributed by atoms with Gasteiger partial charge in [0, 0.05) is 19.3 Å². The number of hydrogen-bond donors (Lipinski definition) is 1. The zero-order valence-corrected chi connectivity index (χ0v) is 10.9. The highest BCUT2D eigenvalue weighted by Gasteiger charge is 2.19. The number of carbonyl (C=O) groups excluding carboxylic acids is 1. The van der Waals surface area contributed by atoms with Crippen molar-refractivity contribution in [2.45, 2.75) is 51.9 Å². The van der Waals surface area contributed by atoms with E-state index in [-0.39, 0.29) is 6.03 Å². The van der Waals surface area contributed by atoms with Crippen molar-refractivity contribution in [3.05, 3.63) is 11.8 Å². The van der Waals surface area contributed by atoms with Gasteiger partial charge in [0.25, 0.3) is 0 Å². The van der Waals surface area contributed by atoms with Crippen molar-refractivity contribution < 1.29 is 4.79 Å². The summed E-state index contributed by atoms with van der Waals surface area (Å²) < 4.78 is 0. The number of allylic oxidation sites excluding steroid dienone is 1. The van der Waals surface area contributed by atoms with E-state index in [2.05, 4.69) is 12.2 Å². The molecule has 3 heteroatoms. The van der Waals surface area contributed by atoms with Gasteiger partial charge in [0.05, 0.1) is 0 Å². The molecule has 0 atom stereocenters. The van der Waals surface area contributed by atoms with E-state index in [0.717, 1.165) is 44.7 Å². The van der Waals surface area contributed by atoms with Crippen LogP contribution in [-0.4, -0.2) is 24.0 Å². The Labute approximate surface area is 104 Å². The van der Waals surface area contributed by atoms with Crippen LogP contribution in [0.25, 0.3) is 0 Å². The van der Waals surface area contributed by atoms with Crippen LogP contribution in [-0.2, 0) is 0 Å². The van der Waals surface area contributed by atoms with Gasteiger partial charge in [0.2, 0.25) is 0 Å². The minimum Gasteiger partial charge on any atom is -0.325 e. The van der Waals surface area contributed by atoms with E-state index >= 15 is 0 Å². The molecule has 1 aliphatic heterocycles. The molecule has 1 heterocycles. The Morgan fingerprint density at radius 3 is 2.53 bits per heavy atom. The first-order valence-electron chi connectivity index (χ1n) is 6.99. The summed E-state index contributed by atoms with van der Waals surface area (Å²) in [5.74, 6) is 0.774. The molecule has 2 aliphatic rings. The molecule has 0 aromatic heterocycles. The third-order valence-electron chi connectivity index (χ3n) is 3.97. The summed E-state index contributed by atoms with van der Waals surface area (Å²) in [5, 5.41) is 2.96. The first kappa shape index (κ1) is 12.5. The molecular weight excluding hydrogens is 212 g/mol. The minimum absolute atomic E-state index is 0.0926. The Morgan fingerprint density at radius 2 is 1.88 bits per heavy atom. The van der Waals surface area contributed by atoms with Crippen LogP contribution in [0.4, 0.5) is 4.79 Å². The predicted molar refractivity (Wildman–Crippen MR) is 69.7 cm³/mol. The number of amides is 2. The highest BCUT2D eigenvalue weighted by Crippen LogP contribution is 2.22. The highest BCUT2D eigenvalue weighted by atomic mass is 16.2. The summed E-state index contributed by atoms with van der Waals surface area (Å²) >= 11 is 0. The first-order chi connectivity index (χ1) is 8.25. The molecule has 0 unspecified atom stereocenters. The second-order valence-corrected chi connectivity index (χ2v) is 5.48. The van der Waals surface area contributed by atoms with Crippen LogP contribution in [0.5, 0.6) is 0 Å². The van der Waals surface area contributed by atoms with Crippen LogP contribution < -0.4 is 5.32 Å². The fourth-order valence-electron chi connectivity index (χ4n) is 2.62. The van der Waals surface area contributed by atoms with Crippen molar-refractivity contribution in [3.8, 4) is 0 Å². The summed E-state index contributed by atoms with van der Waals surface area (Å²) in [6.45, 7) is 4.09. The molecule has 0 aromatic carbocycles. The smallest absolute Gasteiger partial charge is 0.321 e. The Balaban J connectivity index is 1.76. The van der Waals surface area contributed by atoms with Gasteiger partial charge in [0.1, 0.15) is 0 Å². The number of carbonyl (C=O) groups is 1. The lowest BCUT2D eigenvalue weighted by Gasteiger charge is -2.30. The monoisotopic (exact) mass is 236 g/mol. The Bertz CT molecular complexity index is 283. The predicted octanol–water partition coefficient (Wildman–Crippen LogP) is 3.28. The second kappa shape index (κ2) is 6.08. The third-order valence-corrected chi connectivity index (χ3v) is 3.97. The van der Waals surface area contributed by atoms with Crippen LogP contribution in [0.15, 0.2) is 11.8 Å². The molecule has 3 nitrogen and oxygen atoms in total. The molecule has 1 aliphatic carbocycles. The van der Waals surface area contributed by atoms with Crippen LogP contribution in [0.2, 0.25) is 0 Å². The fraction of sp³-hybridized carbons (Fsp3) is 0.786. The molecule has 2 rings (SSSR count). The molecule has 17 heavy (non-hydrogen) atoms. The van der Waals surface area contributed by atoms with Gasteiger partial charge in [-0.2, -0.15) is 0 Å². The van der Waals surface area contributed by atoms with E-state index in [4.69, 9.17) is 0 Å². The molecule has 0 spiro atoms. The van der Waals surface area contributed by atoms with Crippen molar-refractivity contribution in [2.24, 2.45) is 5.92 Å². The lowest BCUT2D eigenvalue weighted by atomic mass is 9.96. The fourth-order valence-corrected chi connectivity index (χ4v) is 2.62. The zero-order chi connectivity index (χ0) is 12.1. The molecule has 0 bridgehead atoms. The quantitative estimate of drug-likeness (QED) is 0.744. The Kier molecular flexibility index (Phi) is 4.46. The van der Waals surface area contributed by atoms with Gasteiger partial charge < -0.3 is 10.2 Å². The Hall–Kier alpha value is -0.990. The molecule has 2 fully saturated rings. The van der Waals surface area contributed by atoms with Gasteiger partial charge in [-0.3, -0.25) is 0 Å². The number of likely N-dealkylation sites (tertiary alicyclic amines) is 1. The molecule has 1 saturated carbocycles. The van der Waals surface area contributed by atoms with E-state index < -0.39 is 0 Å². The minimum atomic E-state index is 0.0926.